The molecular weight excluding hydrogens is 232 g/mol. The molecular formula is C17H32N2. The second kappa shape index (κ2) is 10.1. The Balaban J connectivity index is 2.09. The van der Waals surface area contributed by atoms with Gasteiger partial charge in [0.1, 0.15) is 0 Å². The molecule has 19 heavy (non-hydrogen) atoms. The molecule has 1 atom stereocenters. The number of rotatable bonds is 11. The van der Waals surface area contributed by atoms with Gasteiger partial charge in [0.05, 0.1) is 0 Å². The van der Waals surface area contributed by atoms with E-state index >= 15 is 0 Å². The highest BCUT2D eigenvalue weighted by Crippen LogP contribution is 2.10. The predicted molar refractivity (Wildman–Crippen MR) is 84.4 cm³/mol. The van der Waals surface area contributed by atoms with E-state index in [0.717, 1.165) is 19.4 Å². The molecule has 1 unspecified atom stereocenters. The second-order valence-electron chi connectivity index (χ2n) is 5.75. The van der Waals surface area contributed by atoms with Crippen LogP contribution in [0.2, 0.25) is 0 Å². The smallest absolute Gasteiger partial charge is 0.0219 e. The zero-order valence-electron chi connectivity index (χ0n) is 12.9. The largest absolute Gasteiger partial charge is 0.354 e. The first-order valence-electron chi connectivity index (χ1n) is 8.16. The molecule has 1 rings (SSSR count). The first-order chi connectivity index (χ1) is 9.26. The number of aromatic nitrogens is 1. The van der Waals surface area contributed by atoms with Gasteiger partial charge in [-0.3, -0.25) is 0 Å². The van der Waals surface area contributed by atoms with Crippen LogP contribution in [0.4, 0.5) is 0 Å². The molecule has 0 radical (unpaired) electrons. The van der Waals surface area contributed by atoms with E-state index in [0.29, 0.717) is 6.04 Å². The summed E-state index contributed by atoms with van der Waals surface area (Å²) in [6.45, 7) is 5.59. The third kappa shape index (κ3) is 7.41. The molecule has 0 aliphatic heterocycles. The number of nitrogens with zero attached hydrogens (tertiary/aromatic N) is 1. The molecule has 2 N–H and O–H groups in total. The zero-order chi connectivity index (χ0) is 13.9. The van der Waals surface area contributed by atoms with Crippen LogP contribution in [0.1, 0.15) is 70.8 Å². The van der Waals surface area contributed by atoms with E-state index in [2.05, 4.69) is 36.9 Å². The van der Waals surface area contributed by atoms with Crippen LogP contribution in [0.5, 0.6) is 0 Å². The minimum Gasteiger partial charge on any atom is -0.354 e. The number of nitrogens with two attached hydrogens (primary N) is 1. The fourth-order valence-electron chi connectivity index (χ4n) is 2.45. The summed E-state index contributed by atoms with van der Waals surface area (Å²) in [5.74, 6) is 0. The number of hydrogen-bond donors (Lipinski definition) is 1. The Morgan fingerprint density at radius 3 is 2.42 bits per heavy atom. The summed E-state index contributed by atoms with van der Waals surface area (Å²) in [4.78, 5) is 0. The van der Waals surface area contributed by atoms with Crippen molar-refractivity contribution in [3.63, 3.8) is 0 Å². The molecule has 0 aliphatic carbocycles. The van der Waals surface area contributed by atoms with Crippen molar-refractivity contribution in [2.45, 2.75) is 84.2 Å². The lowest BCUT2D eigenvalue weighted by Gasteiger charge is -2.06. The van der Waals surface area contributed by atoms with Gasteiger partial charge in [-0.1, -0.05) is 52.4 Å². The van der Waals surface area contributed by atoms with Gasteiger partial charge in [-0.15, -0.1) is 0 Å². The topological polar surface area (TPSA) is 30.9 Å². The van der Waals surface area contributed by atoms with Gasteiger partial charge in [0.2, 0.25) is 0 Å². The number of hydrogen-bond acceptors (Lipinski definition) is 1. The summed E-state index contributed by atoms with van der Waals surface area (Å²) < 4.78 is 2.32. The normalized spacial score (nSPS) is 12.8. The fourth-order valence-corrected chi connectivity index (χ4v) is 2.45. The second-order valence-corrected chi connectivity index (χ2v) is 5.75. The Bertz CT molecular complexity index is 317. The Kier molecular flexibility index (Phi) is 8.64. The lowest BCUT2D eigenvalue weighted by molar-refractivity contribution is 0.550. The molecule has 0 aliphatic rings. The van der Waals surface area contributed by atoms with Crippen molar-refractivity contribution in [1.82, 2.24) is 4.57 Å². The van der Waals surface area contributed by atoms with Crippen molar-refractivity contribution in [3.8, 4) is 0 Å². The Morgan fingerprint density at radius 1 is 1.05 bits per heavy atom. The average molecular weight is 264 g/mol. The van der Waals surface area contributed by atoms with Crippen molar-refractivity contribution in [3.05, 3.63) is 24.0 Å². The third-order valence-electron chi connectivity index (χ3n) is 3.85. The average Bonchev–Trinajstić information content (AvgIpc) is 2.85. The van der Waals surface area contributed by atoms with Crippen LogP contribution in [-0.2, 0) is 13.0 Å². The van der Waals surface area contributed by atoms with E-state index in [1.54, 1.807) is 0 Å². The minimum absolute atomic E-state index is 0.314. The molecule has 2 nitrogen and oxygen atoms in total. The Labute approximate surface area is 119 Å². The van der Waals surface area contributed by atoms with Crippen molar-refractivity contribution < 1.29 is 0 Å². The van der Waals surface area contributed by atoms with Crippen LogP contribution in [0, 0.1) is 0 Å². The van der Waals surface area contributed by atoms with E-state index in [1.807, 2.05) is 0 Å². The van der Waals surface area contributed by atoms with Crippen LogP contribution in [-0.4, -0.2) is 10.6 Å². The maximum Gasteiger partial charge on any atom is 0.0219 e. The molecule has 2 heteroatoms. The van der Waals surface area contributed by atoms with Crippen molar-refractivity contribution in [2.75, 3.05) is 0 Å². The molecule has 0 fully saturated rings. The molecule has 0 aromatic carbocycles. The summed E-state index contributed by atoms with van der Waals surface area (Å²) in [5.41, 5.74) is 7.37. The monoisotopic (exact) mass is 264 g/mol. The number of aryl methyl sites for hydroxylation is 1. The summed E-state index contributed by atoms with van der Waals surface area (Å²) >= 11 is 0. The van der Waals surface area contributed by atoms with Gasteiger partial charge < -0.3 is 10.3 Å². The molecule has 1 aromatic heterocycles. The predicted octanol–water partition coefficient (Wildman–Crippen LogP) is 4.52. The van der Waals surface area contributed by atoms with Gasteiger partial charge in [-0.05, 0) is 30.9 Å². The lowest BCUT2D eigenvalue weighted by Crippen LogP contribution is -2.21. The molecule has 110 valence electrons. The molecule has 0 saturated carbocycles. The maximum absolute atomic E-state index is 5.98. The van der Waals surface area contributed by atoms with E-state index in [9.17, 15) is 0 Å². The molecule has 0 amide bonds. The van der Waals surface area contributed by atoms with Crippen LogP contribution in [0.15, 0.2) is 18.5 Å². The summed E-state index contributed by atoms with van der Waals surface area (Å²) in [6, 6.07) is 2.53. The van der Waals surface area contributed by atoms with E-state index in [-0.39, 0.29) is 0 Å². The fraction of sp³-hybridized carbons (Fsp3) is 0.765. The summed E-state index contributed by atoms with van der Waals surface area (Å²) in [7, 11) is 0. The zero-order valence-corrected chi connectivity index (χ0v) is 12.9. The van der Waals surface area contributed by atoms with E-state index in [4.69, 9.17) is 5.73 Å². The highest BCUT2D eigenvalue weighted by Gasteiger charge is 2.02. The van der Waals surface area contributed by atoms with Gasteiger partial charge in [-0.2, -0.15) is 0 Å². The SMILES string of the molecule is CCCCCCCCCn1ccc(CC(N)CC)c1. The maximum atomic E-state index is 5.98. The molecule has 1 aromatic rings. The number of unbranched alkanes of at least 4 members (excludes halogenated alkanes) is 6. The van der Waals surface area contributed by atoms with Crippen molar-refractivity contribution in [2.24, 2.45) is 5.73 Å². The van der Waals surface area contributed by atoms with Crippen LogP contribution >= 0.6 is 0 Å². The van der Waals surface area contributed by atoms with E-state index < -0.39 is 0 Å². The van der Waals surface area contributed by atoms with Crippen LogP contribution in [0.3, 0.4) is 0 Å². The molecule has 0 bridgehead atoms. The van der Waals surface area contributed by atoms with Gasteiger partial charge in [0.25, 0.3) is 0 Å². The first-order valence-corrected chi connectivity index (χ1v) is 8.16. The van der Waals surface area contributed by atoms with Gasteiger partial charge in [0.15, 0.2) is 0 Å². The van der Waals surface area contributed by atoms with Crippen molar-refractivity contribution >= 4 is 0 Å². The Hall–Kier alpha value is -0.760. The first kappa shape index (κ1) is 16.3. The minimum atomic E-state index is 0.314. The molecule has 1 heterocycles. The van der Waals surface area contributed by atoms with Crippen molar-refractivity contribution in [1.29, 1.82) is 0 Å². The quantitative estimate of drug-likeness (QED) is 0.585. The third-order valence-corrected chi connectivity index (χ3v) is 3.85. The van der Waals surface area contributed by atoms with Gasteiger partial charge in [0, 0.05) is 25.0 Å². The summed E-state index contributed by atoms with van der Waals surface area (Å²) in [5, 5.41) is 0. The molecule has 0 spiro atoms. The van der Waals surface area contributed by atoms with Gasteiger partial charge >= 0.3 is 0 Å². The van der Waals surface area contributed by atoms with Crippen LogP contribution < -0.4 is 5.73 Å². The Morgan fingerprint density at radius 2 is 1.74 bits per heavy atom. The van der Waals surface area contributed by atoms with E-state index in [1.165, 1.54) is 50.5 Å². The lowest BCUT2D eigenvalue weighted by atomic mass is 10.1. The molecule has 0 saturated heterocycles. The highest BCUT2D eigenvalue weighted by molar-refractivity contribution is 5.11. The highest BCUT2D eigenvalue weighted by atomic mass is 14.9. The van der Waals surface area contributed by atoms with Gasteiger partial charge in [-0.25, -0.2) is 0 Å². The van der Waals surface area contributed by atoms with Crippen LogP contribution in [0.25, 0.3) is 0 Å². The standard InChI is InChI=1S/C17H32N2/c1-3-5-6-7-8-9-10-12-19-13-11-16(15-19)14-17(18)4-2/h11,13,15,17H,3-10,12,14,18H2,1-2H3. The summed E-state index contributed by atoms with van der Waals surface area (Å²) in [6.07, 6.45) is 16.2.